The van der Waals surface area contributed by atoms with Crippen molar-refractivity contribution in [1.29, 1.82) is 0 Å². The molecule has 1 aliphatic rings. The highest BCUT2D eigenvalue weighted by Crippen LogP contribution is 2.32. The van der Waals surface area contributed by atoms with Crippen molar-refractivity contribution in [2.75, 3.05) is 55.8 Å². The molecule has 3 aromatic rings. The van der Waals surface area contributed by atoms with Crippen LogP contribution in [0.5, 0.6) is 0 Å². The van der Waals surface area contributed by atoms with Gasteiger partial charge in [0, 0.05) is 51.6 Å². The predicted molar refractivity (Wildman–Crippen MR) is 146 cm³/mol. The Morgan fingerprint density at radius 3 is 2.56 bits per heavy atom. The van der Waals surface area contributed by atoms with E-state index >= 15 is 0 Å². The molecule has 0 aliphatic carbocycles. The zero-order valence-electron chi connectivity index (χ0n) is 21.0. The van der Waals surface area contributed by atoms with Crippen LogP contribution in [-0.4, -0.2) is 67.9 Å². The van der Waals surface area contributed by atoms with Gasteiger partial charge in [-0.2, -0.15) is 4.98 Å². The van der Waals surface area contributed by atoms with E-state index < -0.39 is 10.0 Å². The van der Waals surface area contributed by atoms with Crippen LogP contribution in [0, 0.1) is 0 Å². The zero-order chi connectivity index (χ0) is 25.9. The number of fused-ring (bicyclic) bond motifs is 1. The Hall–Kier alpha value is -2.92. The number of halogens is 1. The summed E-state index contributed by atoms with van der Waals surface area (Å²) in [6.07, 6.45) is 1.49. The van der Waals surface area contributed by atoms with Crippen LogP contribution in [0.1, 0.15) is 19.4 Å². The third-order valence-electron chi connectivity index (χ3n) is 6.23. The van der Waals surface area contributed by atoms with Gasteiger partial charge >= 0.3 is 0 Å². The molecule has 0 amide bonds. The lowest BCUT2D eigenvalue weighted by molar-refractivity contribution is 0.293. The molecule has 0 radical (unpaired) electrons. The van der Waals surface area contributed by atoms with Gasteiger partial charge in [-0.1, -0.05) is 36.7 Å². The minimum absolute atomic E-state index is 0.130. The lowest BCUT2D eigenvalue weighted by Crippen LogP contribution is -2.31. The Balaban J connectivity index is 1.62. The third kappa shape index (κ3) is 5.57. The SMILES string of the molecule is CCN1CCN(CC)c2cc(Nc3ncc(Cl)c(Nc4ccccc4S(=O)(=O)N(C)C)n3)ccc2C1. The molecule has 2 N–H and O–H groups in total. The highest BCUT2D eigenvalue weighted by atomic mass is 35.5. The lowest BCUT2D eigenvalue weighted by atomic mass is 10.1. The van der Waals surface area contributed by atoms with E-state index in [1.165, 1.54) is 35.8 Å². The second kappa shape index (κ2) is 11.0. The number of nitrogens with one attached hydrogen (secondary N) is 2. The minimum atomic E-state index is -3.66. The smallest absolute Gasteiger partial charge is 0.244 e. The van der Waals surface area contributed by atoms with Crippen LogP contribution in [-0.2, 0) is 16.6 Å². The summed E-state index contributed by atoms with van der Waals surface area (Å²) in [5, 5.41) is 6.62. The van der Waals surface area contributed by atoms with E-state index in [2.05, 4.69) is 56.4 Å². The normalized spacial score (nSPS) is 14.4. The maximum Gasteiger partial charge on any atom is 0.244 e. The lowest BCUT2D eigenvalue weighted by Gasteiger charge is -2.23. The van der Waals surface area contributed by atoms with Crippen molar-refractivity contribution in [3.63, 3.8) is 0 Å². The Morgan fingerprint density at radius 2 is 1.83 bits per heavy atom. The van der Waals surface area contributed by atoms with Gasteiger partial charge in [-0.3, -0.25) is 4.90 Å². The van der Waals surface area contributed by atoms with E-state index in [0.29, 0.717) is 17.5 Å². The van der Waals surface area contributed by atoms with Crippen LogP contribution in [0.3, 0.4) is 0 Å². The molecule has 36 heavy (non-hydrogen) atoms. The van der Waals surface area contributed by atoms with Crippen molar-refractivity contribution < 1.29 is 8.42 Å². The van der Waals surface area contributed by atoms with Crippen molar-refractivity contribution >= 4 is 50.5 Å². The van der Waals surface area contributed by atoms with Gasteiger partial charge in [0.2, 0.25) is 16.0 Å². The van der Waals surface area contributed by atoms with E-state index in [4.69, 9.17) is 11.6 Å². The maximum atomic E-state index is 12.8. The van der Waals surface area contributed by atoms with Gasteiger partial charge in [0.25, 0.3) is 0 Å². The van der Waals surface area contributed by atoms with Gasteiger partial charge in [-0.05, 0) is 43.3 Å². The molecule has 4 rings (SSSR count). The number of rotatable bonds is 8. The summed E-state index contributed by atoms with van der Waals surface area (Å²) in [6.45, 7) is 9.22. The van der Waals surface area contributed by atoms with Gasteiger partial charge in [-0.15, -0.1) is 0 Å². The monoisotopic (exact) mass is 529 g/mol. The fourth-order valence-corrected chi connectivity index (χ4v) is 5.31. The van der Waals surface area contributed by atoms with Crippen molar-refractivity contribution in [1.82, 2.24) is 19.2 Å². The first-order valence-corrected chi connectivity index (χ1v) is 13.7. The molecule has 0 atom stereocenters. The number of para-hydroxylation sites is 1. The first kappa shape index (κ1) is 26.2. The third-order valence-corrected chi connectivity index (χ3v) is 8.38. The number of hydrogen-bond donors (Lipinski definition) is 2. The van der Waals surface area contributed by atoms with E-state index in [-0.39, 0.29) is 9.92 Å². The molecular weight excluding hydrogens is 498 g/mol. The quantitative estimate of drug-likeness (QED) is 0.439. The zero-order valence-corrected chi connectivity index (χ0v) is 22.6. The number of hydrogen-bond acceptors (Lipinski definition) is 8. The van der Waals surface area contributed by atoms with Crippen LogP contribution in [0.4, 0.5) is 28.8 Å². The molecule has 11 heteroatoms. The Labute approximate surface area is 218 Å². The highest BCUT2D eigenvalue weighted by molar-refractivity contribution is 7.89. The summed E-state index contributed by atoms with van der Waals surface area (Å²) in [6, 6.07) is 12.9. The summed E-state index contributed by atoms with van der Waals surface area (Å²) in [7, 11) is -0.680. The summed E-state index contributed by atoms with van der Waals surface area (Å²) in [5.74, 6) is 0.653. The molecule has 0 spiro atoms. The van der Waals surface area contributed by atoms with Crippen molar-refractivity contribution in [3.05, 3.63) is 59.2 Å². The van der Waals surface area contributed by atoms with Crippen LogP contribution >= 0.6 is 11.6 Å². The first-order valence-electron chi connectivity index (χ1n) is 11.9. The standard InChI is InChI=1S/C25H32ClN7O2S/c1-5-32-13-14-33(6-2)22-15-19(12-11-18(22)17-32)28-25-27-16-20(26)24(30-25)29-21-9-7-8-10-23(21)36(34,35)31(3)4/h7-12,15-16H,5-6,13-14,17H2,1-4H3,(H2,27,28,29,30). The van der Waals surface area contributed by atoms with E-state index in [1.807, 2.05) is 6.07 Å². The van der Waals surface area contributed by atoms with Gasteiger partial charge in [0.1, 0.15) is 9.92 Å². The Morgan fingerprint density at radius 1 is 1.06 bits per heavy atom. The Kier molecular flexibility index (Phi) is 7.99. The Bertz CT molecular complexity index is 1330. The number of benzene rings is 2. The second-order valence-electron chi connectivity index (χ2n) is 8.72. The highest BCUT2D eigenvalue weighted by Gasteiger charge is 2.22. The number of sulfonamides is 1. The molecular formula is C25H32ClN7O2S. The second-order valence-corrected chi connectivity index (χ2v) is 11.2. The summed E-state index contributed by atoms with van der Waals surface area (Å²) >= 11 is 6.37. The summed E-state index contributed by atoms with van der Waals surface area (Å²) in [4.78, 5) is 13.8. The van der Waals surface area contributed by atoms with Crippen molar-refractivity contribution in [2.24, 2.45) is 0 Å². The molecule has 1 aliphatic heterocycles. The predicted octanol–water partition coefficient (Wildman–Crippen LogP) is 4.53. The molecule has 192 valence electrons. The van der Waals surface area contributed by atoms with E-state index in [1.54, 1.807) is 24.3 Å². The van der Waals surface area contributed by atoms with Gasteiger partial charge in [0.15, 0.2) is 5.82 Å². The minimum Gasteiger partial charge on any atom is -0.370 e. The molecule has 0 saturated carbocycles. The van der Waals surface area contributed by atoms with Crippen LogP contribution < -0.4 is 15.5 Å². The van der Waals surface area contributed by atoms with E-state index in [0.717, 1.165) is 38.4 Å². The fourth-order valence-electron chi connectivity index (χ4n) is 4.13. The van der Waals surface area contributed by atoms with Crippen molar-refractivity contribution in [3.8, 4) is 0 Å². The first-order chi connectivity index (χ1) is 17.2. The molecule has 2 aromatic carbocycles. The van der Waals surface area contributed by atoms with Crippen LogP contribution in [0.25, 0.3) is 0 Å². The maximum absolute atomic E-state index is 12.8. The number of anilines is 5. The largest absolute Gasteiger partial charge is 0.370 e. The summed E-state index contributed by atoms with van der Waals surface area (Å²) < 4.78 is 26.7. The van der Waals surface area contributed by atoms with Crippen molar-refractivity contribution in [2.45, 2.75) is 25.3 Å². The average Bonchev–Trinajstić information content (AvgIpc) is 3.04. The van der Waals surface area contributed by atoms with E-state index in [9.17, 15) is 8.42 Å². The topological polar surface area (TPSA) is 93.7 Å². The molecule has 0 saturated heterocycles. The van der Waals surface area contributed by atoms with Gasteiger partial charge < -0.3 is 15.5 Å². The molecule has 0 bridgehead atoms. The summed E-state index contributed by atoms with van der Waals surface area (Å²) in [5.41, 5.74) is 3.73. The fraction of sp³-hybridized carbons (Fsp3) is 0.360. The molecule has 1 aromatic heterocycles. The molecule has 0 unspecified atom stereocenters. The van der Waals surface area contributed by atoms with Gasteiger partial charge in [-0.25, -0.2) is 17.7 Å². The molecule has 9 nitrogen and oxygen atoms in total. The molecule has 2 heterocycles. The van der Waals surface area contributed by atoms with Crippen LogP contribution in [0.15, 0.2) is 53.6 Å². The number of nitrogens with zero attached hydrogens (tertiary/aromatic N) is 5. The number of aromatic nitrogens is 2. The van der Waals surface area contributed by atoms with Crippen LogP contribution in [0.2, 0.25) is 5.02 Å². The van der Waals surface area contributed by atoms with Gasteiger partial charge in [0.05, 0.1) is 11.9 Å². The average molecular weight is 530 g/mol. The number of likely N-dealkylation sites (N-methyl/N-ethyl adjacent to an activating group) is 2. The molecule has 0 fully saturated rings.